The number of benzene rings is 14. The number of ether oxygens (including phenoxy) is 1. The molecule has 0 saturated carbocycles. The fraction of sp³-hybridized carbons (Fsp3) is 0.0476. The molecular formula is C84H59BN2O. The molecule has 2 aliphatic rings. The van der Waals surface area contributed by atoms with Crippen LogP contribution in [-0.2, 0) is 5.41 Å². The van der Waals surface area contributed by atoms with E-state index in [1.165, 1.54) is 76.6 Å². The molecule has 0 unspecified atom stereocenters. The van der Waals surface area contributed by atoms with Crippen LogP contribution in [0.4, 0.5) is 17.1 Å². The van der Waals surface area contributed by atoms with Crippen LogP contribution in [0.15, 0.2) is 303 Å². The van der Waals surface area contributed by atoms with Crippen molar-refractivity contribution >= 4 is 83.5 Å². The Labute approximate surface area is 513 Å². The molecule has 17 rings (SSSR count). The van der Waals surface area contributed by atoms with Gasteiger partial charge >= 0.3 is 0 Å². The Hall–Kier alpha value is -10.9. The summed E-state index contributed by atoms with van der Waals surface area (Å²) >= 11 is 0. The van der Waals surface area contributed by atoms with Crippen LogP contribution >= 0.6 is 0 Å². The lowest BCUT2D eigenvalue weighted by atomic mass is 9.34. The Bertz CT molecular complexity index is 5150. The SMILES string of the molecule is CC(C)(C)c1cc2c3c(c1)N(c1c(-c4ccccc4)cc(-c4ccccc4)cc1-c1ccccc1)c1cc(-c4ccc5c(-c6ccccc6)c6ccccc6c(-c6ccccc6)c5c4)ccc1B3c1ccc(-n3c4ccccc4c4ccccc43)cc1O2. The maximum absolute atomic E-state index is 7.54. The molecule has 3 nitrogen and oxygen atoms in total. The molecule has 2 aliphatic heterocycles. The number of anilines is 3. The molecule has 15 aromatic rings. The highest BCUT2D eigenvalue weighted by molar-refractivity contribution is 6.99. The van der Waals surface area contributed by atoms with Gasteiger partial charge in [0, 0.05) is 45.0 Å². The Morgan fingerprint density at radius 2 is 0.784 bits per heavy atom. The summed E-state index contributed by atoms with van der Waals surface area (Å²) in [6.07, 6.45) is 0. The molecule has 4 heteroatoms. The fourth-order valence-electron chi connectivity index (χ4n) is 14.5. The molecule has 0 radical (unpaired) electrons. The van der Waals surface area contributed by atoms with Crippen molar-refractivity contribution in [3.05, 3.63) is 309 Å². The molecule has 1 aromatic heterocycles. The van der Waals surface area contributed by atoms with Gasteiger partial charge in [-0.3, -0.25) is 0 Å². The first-order chi connectivity index (χ1) is 43.3. The predicted molar refractivity (Wildman–Crippen MR) is 373 cm³/mol. The van der Waals surface area contributed by atoms with Crippen LogP contribution in [0.2, 0.25) is 0 Å². The normalized spacial score (nSPS) is 12.5. The monoisotopic (exact) mass is 1120 g/mol. The molecule has 0 spiro atoms. The van der Waals surface area contributed by atoms with Crippen LogP contribution in [0.3, 0.4) is 0 Å². The van der Waals surface area contributed by atoms with Gasteiger partial charge in [0.25, 0.3) is 6.71 Å². The van der Waals surface area contributed by atoms with Crippen LogP contribution in [0, 0.1) is 0 Å². The van der Waals surface area contributed by atoms with E-state index < -0.39 is 0 Å². The zero-order valence-corrected chi connectivity index (χ0v) is 49.2. The van der Waals surface area contributed by atoms with Gasteiger partial charge in [0.2, 0.25) is 0 Å². The van der Waals surface area contributed by atoms with E-state index in [0.29, 0.717) is 0 Å². The molecule has 0 aliphatic carbocycles. The van der Waals surface area contributed by atoms with Gasteiger partial charge in [-0.25, -0.2) is 0 Å². The van der Waals surface area contributed by atoms with Crippen molar-refractivity contribution in [3.8, 4) is 83.9 Å². The average molecular weight is 1120 g/mol. The van der Waals surface area contributed by atoms with Gasteiger partial charge in [-0.1, -0.05) is 263 Å². The first kappa shape index (κ1) is 51.5. The number of fused-ring (bicyclic) bond motifs is 9. The van der Waals surface area contributed by atoms with Gasteiger partial charge in [0.15, 0.2) is 0 Å². The van der Waals surface area contributed by atoms with Crippen molar-refractivity contribution in [3.63, 3.8) is 0 Å². The lowest BCUT2D eigenvalue weighted by molar-refractivity contribution is 0.483. The number of rotatable bonds is 8. The molecule has 88 heavy (non-hydrogen) atoms. The third kappa shape index (κ3) is 8.28. The van der Waals surface area contributed by atoms with Crippen molar-refractivity contribution < 1.29 is 4.74 Å². The fourth-order valence-corrected chi connectivity index (χ4v) is 14.5. The van der Waals surface area contributed by atoms with Crippen molar-refractivity contribution in [2.24, 2.45) is 0 Å². The Kier molecular flexibility index (Phi) is 11.9. The highest BCUT2D eigenvalue weighted by Gasteiger charge is 2.44. The van der Waals surface area contributed by atoms with Crippen molar-refractivity contribution in [1.29, 1.82) is 0 Å². The molecule has 0 fully saturated rings. The van der Waals surface area contributed by atoms with E-state index in [9.17, 15) is 0 Å². The summed E-state index contributed by atoms with van der Waals surface area (Å²) in [5.41, 5.74) is 25.2. The molecule has 14 aromatic carbocycles. The Balaban J connectivity index is 0.970. The van der Waals surface area contributed by atoms with Gasteiger partial charge in [0.1, 0.15) is 11.5 Å². The number of aromatic nitrogens is 1. The molecule has 0 saturated heterocycles. The van der Waals surface area contributed by atoms with Crippen molar-refractivity contribution in [2.45, 2.75) is 26.2 Å². The molecule has 0 amide bonds. The van der Waals surface area contributed by atoms with Crippen LogP contribution in [0.1, 0.15) is 26.3 Å². The smallest absolute Gasteiger partial charge is 0.256 e. The summed E-state index contributed by atoms with van der Waals surface area (Å²) in [6, 6.07) is 112. The van der Waals surface area contributed by atoms with E-state index in [-0.39, 0.29) is 12.1 Å². The van der Waals surface area contributed by atoms with Crippen molar-refractivity contribution in [1.82, 2.24) is 4.57 Å². The lowest BCUT2D eigenvalue weighted by Crippen LogP contribution is -2.59. The molecule has 0 bridgehead atoms. The summed E-state index contributed by atoms with van der Waals surface area (Å²) in [4.78, 5) is 2.63. The summed E-state index contributed by atoms with van der Waals surface area (Å²) in [5.74, 6) is 1.75. The van der Waals surface area contributed by atoms with Gasteiger partial charge in [-0.15, -0.1) is 0 Å². The standard InChI is InChI=1S/C84H59BN2O/c1-84(2,3)62-51-77-82-79(52-62)88-78-53-63(86-74-39-23-21-35-64(74)65-36-22-24-40-75(65)86)43-46-73(78)85(82)72-45-42-60(59-41-44-68-71(47-59)81(58-33-17-8-18-34-58)67-38-20-19-37-66(67)80(68)57-31-15-7-16-32-57)50-76(72)87(77)83-69(55-27-11-5-12-28-55)48-61(54-25-9-4-10-26-54)49-70(83)56-29-13-6-14-30-56/h4-53H,1-3H3. The third-order valence-corrected chi connectivity index (χ3v) is 18.6. The molecule has 3 heterocycles. The van der Waals surface area contributed by atoms with Crippen LogP contribution in [0.25, 0.3) is 116 Å². The van der Waals surface area contributed by atoms with Gasteiger partial charge in [-0.05, 0) is 159 Å². The number of hydrogen-bond donors (Lipinski definition) is 0. The van der Waals surface area contributed by atoms with Gasteiger partial charge in [-0.2, -0.15) is 0 Å². The summed E-state index contributed by atoms with van der Waals surface area (Å²) in [6.45, 7) is 6.81. The maximum Gasteiger partial charge on any atom is 0.256 e. The lowest BCUT2D eigenvalue weighted by Gasteiger charge is -2.42. The summed E-state index contributed by atoms with van der Waals surface area (Å²) < 4.78 is 9.94. The van der Waals surface area contributed by atoms with E-state index in [4.69, 9.17) is 4.74 Å². The second-order valence-corrected chi connectivity index (χ2v) is 24.7. The van der Waals surface area contributed by atoms with Crippen LogP contribution < -0.4 is 26.0 Å². The Morgan fingerprint density at radius 3 is 1.35 bits per heavy atom. The number of hydrogen-bond acceptors (Lipinski definition) is 2. The highest BCUT2D eigenvalue weighted by Crippen LogP contribution is 2.53. The van der Waals surface area contributed by atoms with E-state index in [2.05, 4.69) is 334 Å². The minimum absolute atomic E-state index is 0.166. The highest BCUT2D eigenvalue weighted by atomic mass is 16.5. The molecule has 0 N–H and O–H groups in total. The Morgan fingerprint density at radius 1 is 0.318 bits per heavy atom. The molecular weight excluding hydrogens is 1060 g/mol. The number of nitrogens with zero attached hydrogens (tertiary/aromatic N) is 2. The van der Waals surface area contributed by atoms with Crippen molar-refractivity contribution in [2.75, 3.05) is 4.90 Å². The maximum atomic E-state index is 7.54. The van der Waals surface area contributed by atoms with E-state index in [1.54, 1.807) is 0 Å². The largest absolute Gasteiger partial charge is 0.458 e. The predicted octanol–water partition coefficient (Wildman–Crippen LogP) is 20.8. The second kappa shape index (κ2) is 20.4. The topological polar surface area (TPSA) is 17.4 Å². The second-order valence-electron chi connectivity index (χ2n) is 24.7. The average Bonchev–Trinajstić information content (AvgIpc) is 0.918. The molecule has 414 valence electrons. The zero-order chi connectivity index (χ0) is 58.6. The first-order valence-electron chi connectivity index (χ1n) is 30.7. The molecule has 0 atom stereocenters. The minimum Gasteiger partial charge on any atom is -0.458 e. The van der Waals surface area contributed by atoms with Crippen LogP contribution in [-0.4, -0.2) is 11.3 Å². The summed E-state index contributed by atoms with van der Waals surface area (Å²) in [7, 11) is 0. The number of para-hydroxylation sites is 2. The van der Waals surface area contributed by atoms with E-state index in [0.717, 1.165) is 89.7 Å². The van der Waals surface area contributed by atoms with E-state index in [1.807, 2.05) is 0 Å². The first-order valence-corrected chi connectivity index (χ1v) is 30.7. The zero-order valence-electron chi connectivity index (χ0n) is 49.2. The third-order valence-electron chi connectivity index (χ3n) is 18.6. The van der Waals surface area contributed by atoms with Gasteiger partial charge < -0.3 is 14.2 Å². The quantitative estimate of drug-likeness (QED) is 0.111. The van der Waals surface area contributed by atoms with Gasteiger partial charge in [0.05, 0.1) is 16.7 Å². The van der Waals surface area contributed by atoms with E-state index >= 15 is 0 Å². The summed E-state index contributed by atoms with van der Waals surface area (Å²) in [5, 5.41) is 7.37. The van der Waals surface area contributed by atoms with Crippen LogP contribution in [0.5, 0.6) is 11.5 Å². The minimum atomic E-state index is -0.241.